The van der Waals surface area contributed by atoms with Gasteiger partial charge in [0.25, 0.3) is 5.91 Å². The first kappa shape index (κ1) is 17.1. The second kappa shape index (κ2) is 7.50. The number of hydrogen-bond donors (Lipinski definition) is 2. The number of aromatic nitrogens is 5. The highest BCUT2D eigenvalue weighted by Crippen LogP contribution is 2.26. The van der Waals surface area contributed by atoms with Crippen molar-refractivity contribution >= 4 is 17.9 Å². The maximum absolute atomic E-state index is 12.7. The fraction of sp³-hybridized carbons (Fsp3) is 0. The lowest BCUT2D eigenvalue weighted by molar-refractivity contribution is 0.0950. The molecule has 10 nitrogen and oxygen atoms in total. The third kappa shape index (κ3) is 3.33. The van der Waals surface area contributed by atoms with Crippen molar-refractivity contribution in [3.8, 4) is 17.1 Å². The second-order valence-electron chi connectivity index (χ2n) is 5.65. The van der Waals surface area contributed by atoms with Crippen LogP contribution in [0.3, 0.4) is 0 Å². The monoisotopic (exact) mass is 374 g/mol. The highest BCUT2D eigenvalue weighted by Gasteiger charge is 2.24. The van der Waals surface area contributed by atoms with Gasteiger partial charge in [-0.15, -0.1) is 5.10 Å². The van der Waals surface area contributed by atoms with E-state index in [-0.39, 0.29) is 17.3 Å². The molecule has 2 heterocycles. The molecule has 28 heavy (non-hydrogen) atoms. The summed E-state index contributed by atoms with van der Waals surface area (Å²) < 4.78 is 5.94. The summed E-state index contributed by atoms with van der Waals surface area (Å²) in [6, 6.07) is 18.5. The molecule has 0 unspecified atom stereocenters. The smallest absolute Gasteiger partial charge is 0.294 e. The van der Waals surface area contributed by atoms with Crippen LogP contribution in [0.15, 0.2) is 70.4 Å². The number of benzene rings is 2. The van der Waals surface area contributed by atoms with Crippen LogP contribution in [-0.4, -0.2) is 37.4 Å². The van der Waals surface area contributed by atoms with Crippen LogP contribution in [0, 0.1) is 0 Å². The Labute approximate surface area is 158 Å². The van der Waals surface area contributed by atoms with E-state index in [1.807, 2.05) is 60.7 Å². The topological polar surface area (TPSA) is 137 Å². The van der Waals surface area contributed by atoms with Gasteiger partial charge in [0, 0.05) is 5.56 Å². The molecule has 0 aliphatic rings. The minimum absolute atomic E-state index is 0.0242. The maximum Gasteiger partial charge on any atom is 0.294 e. The van der Waals surface area contributed by atoms with Gasteiger partial charge in [0.15, 0.2) is 5.69 Å². The van der Waals surface area contributed by atoms with E-state index in [0.717, 1.165) is 5.56 Å². The number of hydrazone groups is 1. The standard InChI is InChI=1S/C18H14N8O2/c19-16-17(24-28-23-16)26-15(13-9-5-2-6-10-13)14(21-25-26)18(27)22-20-11-12-7-3-1-4-8-12/h1-11H,(H2,19,23)(H,22,27)/b20-11-. The van der Waals surface area contributed by atoms with E-state index < -0.39 is 5.91 Å². The van der Waals surface area contributed by atoms with Gasteiger partial charge in [-0.05, 0) is 15.9 Å². The fourth-order valence-electron chi connectivity index (χ4n) is 2.53. The Morgan fingerprint density at radius 1 is 1.07 bits per heavy atom. The minimum atomic E-state index is -0.535. The van der Waals surface area contributed by atoms with Gasteiger partial charge >= 0.3 is 0 Å². The summed E-state index contributed by atoms with van der Waals surface area (Å²) in [7, 11) is 0. The van der Waals surface area contributed by atoms with Crippen molar-refractivity contribution in [2.75, 3.05) is 5.73 Å². The molecular formula is C18H14N8O2. The predicted octanol–water partition coefficient (Wildman–Crippen LogP) is 1.66. The van der Waals surface area contributed by atoms with Crippen LogP contribution in [-0.2, 0) is 0 Å². The molecule has 0 saturated carbocycles. The molecule has 4 aromatic rings. The third-order valence-corrected chi connectivity index (χ3v) is 3.81. The largest absolute Gasteiger partial charge is 0.378 e. The highest BCUT2D eigenvalue weighted by molar-refractivity contribution is 5.98. The van der Waals surface area contributed by atoms with Gasteiger partial charge in [-0.1, -0.05) is 65.9 Å². The first-order chi connectivity index (χ1) is 13.7. The van der Waals surface area contributed by atoms with E-state index in [9.17, 15) is 4.79 Å². The maximum atomic E-state index is 12.7. The van der Waals surface area contributed by atoms with E-state index in [4.69, 9.17) is 5.73 Å². The Kier molecular flexibility index (Phi) is 4.58. The Morgan fingerprint density at radius 3 is 2.46 bits per heavy atom. The number of nitrogens with zero attached hydrogens (tertiary/aromatic N) is 6. The lowest BCUT2D eigenvalue weighted by Crippen LogP contribution is -2.19. The zero-order valence-electron chi connectivity index (χ0n) is 14.4. The van der Waals surface area contributed by atoms with Gasteiger partial charge in [-0.25, -0.2) is 10.1 Å². The van der Waals surface area contributed by atoms with E-state index in [1.165, 1.54) is 10.9 Å². The molecule has 138 valence electrons. The van der Waals surface area contributed by atoms with E-state index in [0.29, 0.717) is 11.3 Å². The molecule has 0 bridgehead atoms. The summed E-state index contributed by atoms with van der Waals surface area (Å²) in [5.74, 6) is -0.373. The van der Waals surface area contributed by atoms with Gasteiger partial charge in [0.1, 0.15) is 5.69 Å². The number of nitrogens with two attached hydrogens (primary N) is 1. The van der Waals surface area contributed by atoms with Crippen molar-refractivity contribution in [3.63, 3.8) is 0 Å². The lowest BCUT2D eigenvalue weighted by atomic mass is 10.1. The Balaban J connectivity index is 1.69. The van der Waals surface area contributed by atoms with E-state index in [2.05, 4.69) is 35.8 Å². The molecule has 2 aromatic heterocycles. The molecule has 0 aliphatic carbocycles. The van der Waals surface area contributed by atoms with Crippen molar-refractivity contribution in [1.82, 2.24) is 30.7 Å². The van der Waals surface area contributed by atoms with Crippen molar-refractivity contribution in [2.24, 2.45) is 5.10 Å². The minimum Gasteiger partial charge on any atom is -0.378 e. The summed E-state index contributed by atoms with van der Waals surface area (Å²) >= 11 is 0. The number of rotatable bonds is 5. The Hall–Kier alpha value is -4.34. The Bertz CT molecular complexity index is 1120. The molecule has 10 heteroatoms. The van der Waals surface area contributed by atoms with Crippen LogP contribution in [0.1, 0.15) is 16.1 Å². The molecular weight excluding hydrogens is 360 g/mol. The summed E-state index contributed by atoms with van der Waals surface area (Å²) in [5.41, 5.74) is 10.2. The lowest BCUT2D eigenvalue weighted by Gasteiger charge is -2.05. The molecule has 0 aliphatic heterocycles. The zero-order chi connectivity index (χ0) is 19.3. The average Bonchev–Trinajstić information content (AvgIpc) is 3.35. The van der Waals surface area contributed by atoms with E-state index in [1.54, 1.807) is 0 Å². The van der Waals surface area contributed by atoms with Crippen LogP contribution in [0.2, 0.25) is 0 Å². The Morgan fingerprint density at radius 2 is 1.79 bits per heavy atom. The molecule has 2 aromatic carbocycles. The molecule has 3 N–H and O–H groups in total. The van der Waals surface area contributed by atoms with Crippen molar-refractivity contribution in [2.45, 2.75) is 0 Å². The van der Waals surface area contributed by atoms with Crippen molar-refractivity contribution in [3.05, 3.63) is 71.9 Å². The predicted molar refractivity (Wildman–Crippen MR) is 101 cm³/mol. The number of anilines is 1. The summed E-state index contributed by atoms with van der Waals surface area (Å²) in [4.78, 5) is 12.7. The van der Waals surface area contributed by atoms with Crippen LogP contribution < -0.4 is 11.2 Å². The SMILES string of the molecule is Nc1nonc1-n1nnc(C(=O)N/N=C\c2ccccc2)c1-c1ccccc1. The van der Waals surface area contributed by atoms with Crippen molar-refractivity contribution < 1.29 is 9.42 Å². The van der Waals surface area contributed by atoms with Crippen LogP contribution >= 0.6 is 0 Å². The van der Waals surface area contributed by atoms with Crippen LogP contribution in [0.5, 0.6) is 0 Å². The quantitative estimate of drug-likeness (QED) is 0.400. The number of carbonyl (C=O) groups excluding carboxylic acids is 1. The number of nitrogen functional groups attached to an aromatic ring is 1. The van der Waals surface area contributed by atoms with E-state index >= 15 is 0 Å². The normalized spacial score (nSPS) is 11.0. The molecule has 4 rings (SSSR count). The first-order valence-electron chi connectivity index (χ1n) is 8.22. The number of amides is 1. The molecule has 0 spiro atoms. The molecule has 0 radical (unpaired) electrons. The average molecular weight is 374 g/mol. The van der Waals surface area contributed by atoms with Gasteiger partial charge < -0.3 is 5.73 Å². The summed E-state index contributed by atoms with van der Waals surface area (Å²) in [6.07, 6.45) is 1.53. The summed E-state index contributed by atoms with van der Waals surface area (Å²) in [5, 5.41) is 19.2. The number of nitrogens with one attached hydrogen (secondary N) is 1. The summed E-state index contributed by atoms with van der Waals surface area (Å²) in [6.45, 7) is 0. The third-order valence-electron chi connectivity index (χ3n) is 3.81. The fourth-order valence-corrected chi connectivity index (χ4v) is 2.53. The first-order valence-corrected chi connectivity index (χ1v) is 8.22. The zero-order valence-corrected chi connectivity index (χ0v) is 14.4. The highest BCUT2D eigenvalue weighted by atomic mass is 16.6. The molecule has 0 fully saturated rings. The molecule has 1 amide bonds. The van der Waals surface area contributed by atoms with Crippen LogP contribution in [0.4, 0.5) is 5.82 Å². The molecule has 0 atom stereocenters. The van der Waals surface area contributed by atoms with Gasteiger partial charge in [0.05, 0.1) is 6.21 Å². The van der Waals surface area contributed by atoms with Gasteiger partial charge in [-0.3, -0.25) is 4.79 Å². The number of carbonyl (C=O) groups is 1. The second-order valence-corrected chi connectivity index (χ2v) is 5.65. The van der Waals surface area contributed by atoms with Gasteiger partial charge in [0.2, 0.25) is 11.6 Å². The van der Waals surface area contributed by atoms with Crippen molar-refractivity contribution in [1.29, 1.82) is 0 Å². The van der Waals surface area contributed by atoms with Gasteiger partial charge in [-0.2, -0.15) is 9.78 Å². The molecule has 0 saturated heterocycles. The van der Waals surface area contributed by atoms with Crippen LogP contribution in [0.25, 0.3) is 17.1 Å². The number of hydrogen-bond acceptors (Lipinski definition) is 8.